The molecule has 1 aromatic rings. The smallest absolute Gasteiger partial charge is 0.341 e. The molecule has 0 spiro atoms. The third-order valence-corrected chi connectivity index (χ3v) is 5.04. The maximum absolute atomic E-state index is 12.5. The van der Waals surface area contributed by atoms with E-state index in [2.05, 4.69) is 12.2 Å². The van der Waals surface area contributed by atoms with Crippen LogP contribution in [-0.2, 0) is 9.47 Å². The molecule has 1 atom stereocenters. The average molecular weight is 340 g/mol. The number of likely N-dealkylation sites (tertiary alicyclic amines) is 1. The van der Waals surface area contributed by atoms with Gasteiger partial charge in [-0.25, -0.2) is 9.59 Å². The molecule has 1 N–H and O–H groups in total. The molecule has 1 saturated heterocycles. The van der Waals surface area contributed by atoms with Crippen LogP contribution >= 0.6 is 11.3 Å². The van der Waals surface area contributed by atoms with Crippen molar-refractivity contribution >= 4 is 28.3 Å². The molecule has 0 aliphatic carbocycles. The number of ether oxygens (including phenoxy) is 2. The van der Waals surface area contributed by atoms with E-state index in [4.69, 9.17) is 9.47 Å². The van der Waals surface area contributed by atoms with Gasteiger partial charge in [-0.1, -0.05) is 0 Å². The predicted octanol–water partition coefficient (Wildman–Crippen LogP) is 3.35. The highest BCUT2D eigenvalue weighted by Crippen LogP contribution is 2.27. The van der Waals surface area contributed by atoms with E-state index in [9.17, 15) is 9.59 Å². The SMILES string of the molecule is CCOC(=O)c1ccsc1NC(=O)N1CCC[C@](C)(OC)CC1. The fraction of sp³-hybridized carbons (Fsp3) is 0.625. The van der Waals surface area contributed by atoms with Gasteiger partial charge in [0.1, 0.15) is 5.00 Å². The number of thiophene rings is 1. The number of esters is 1. The van der Waals surface area contributed by atoms with Crippen molar-refractivity contribution in [2.45, 2.75) is 38.7 Å². The summed E-state index contributed by atoms with van der Waals surface area (Å²) >= 11 is 1.32. The van der Waals surface area contributed by atoms with Gasteiger partial charge in [0, 0.05) is 20.2 Å². The van der Waals surface area contributed by atoms with E-state index in [1.165, 1.54) is 11.3 Å². The van der Waals surface area contributed by atoms with E-state index < -0.39 is 5.97 Å². The fourth-order valence-corrected chi connectivity index (χ4v) is 3.38. The van der Waals surface area contributed by atoms with Crippen LogP contribution in [0.5, 0.6) is 0 Å². The second kappa shape index (κ2) is 7.79. The standard InChI is InChI=1S/C16H24N2O4S/c1-4-22-14(19)12-6-11-23-13(12)17-15(20)18-9-5-7-16(2,21-3)8-10-18/h6,11H,4-5,7-10H2,1-3H3,(H,17,20)/t16-/m0/s1. The molecule has 2 amide bonds. The van der Waals surface area contributed by atoms with Crippen molar-refractivity contribution in [3.05, 3.63) is 17.0 Å². The normalized spacial score (nSPS) is 21.6. The topological polar surface area (TPSA) is 67.9 Å². The van der Waals surface area contributed by atoms with Crippen LogP contribution in [0.25, 0.3) is 0 Å². The van der Waals surface area contributed by atoms with Gasteiger partial charge in [-0.15, -0.1) is 11.3 Å². The molecule has 1 fully saturated rings. The summed E-state index contributed by atoms with van der Waals surface area (Å²) < 4.78 is 10.6. The zero-order valence-electron chi connectivity index (χ0n) is 13.9. The third-order valence-electron chi connectivity index (χ3n) is 4.21. The van der Waals surface area contributed by atoms with E-state index in [0.29, 0.717) is 30.3 Å². The number of hydrogen-bond acceptors (Lipinski definition) is 5. The maximum atomic E-state index is 12.5. The predicted molar refractivity (Wildman–Crippen MR) is 90.1 cm³/mol. The van der Waals surface area contributed by atoms with Crippen LogP contribution < -0.4 is 5.32 Å². The molecule has 7 heteroatoms. The van der Waals surface area contributed by atoms with Crippen molar-refractivity contribution in [1.82, 2.24) is 4.90 Å². The molecule has 2 heterocycles. The Bertz CT molecular complexity index is 560. The Morgan fingerprint density at radius 3 is 2.87 bits per heavy atom. The van der Waals surface area contributed by atoms with Crippen molar-refractivity contribution in [2.24, 2.45) is 0 Å². The highest BCUT2D eigenvalue weighted by atomic mass is 32.1. The Hall–Kier alpha value is -1.60. The summed E-state index contributed by atoms with van der Waals surface area (Å²) in [5.41, 5.74) is 0.232. The van der Waals surface area contributed by atoms with Crippen LogP contribution in [-0.4, -0.2) is 49.3 Å². The molecular weight excluding hydrogens is 316 g/mol. The lowest BCUT2D eigenvalue weighted by atomic mass is 9.97. The lowest BCUT2D eigenvalue weighted by Crippen LogP contribution is -2.37. The van der Waals surface area contributed by atoms with Gasteiger partial charge in [0.2, 0.25) is 0 Å². The largest absolute Gasteiger partial charge is 0.462 e. The van der Waals surface area contributed by atoms with Crippen LogP contribution in [0.15, 0.2) is 11.4 Å². The van der Waals surface area contributed by atoms with E-state index in [0.717, 1.165) is 19.3 Å². The molecule has 2 rings (SSSR count). The van der Waals surface area contributed by atoms with Crippen molar-refractivity contribution in [2.75, 3.05) is 32.1 Å². The van der Waals surface area contributed by atoms with Crippen LogP contribution in [0.2, 0.25) is 0 Å². The maximum Gasteiger partial charge on any atom is 0.341 e. The van der Waals surface area contributed by atoms with Crippen LogP contribution in [0.3, 0.4) is 0 Å². The van der Waals surface area contributed by atoms with Crippen LogP contribution in [0.4, 0.5) is 9.80 Å². The summed E-state index contributed by atoms with van der Waals surface area (Å²) in [6, 6.07) is 1.49. The first kappa shape index (κ1) is 17.7. The minimum Gasteiger partial charge on any atom is -0.462 e. The molecule has 1 aliphatic heterocycles. The van der Waals surface area contributed by atoms with Crippen molar-refractivity contribution in [3.8, 4) is 0 Å². The fourth-order valence-electron chi connectivity index (χ4n) is 2.61. The van der Waals surface area contributed by atoms with Gasteiger partial charge in [0.05, 0.1) is 17.8 Å². The first-order valence-electron chi connectivity index (χ1n) is 7.85. The molecule has 1 aromatic heterocycles. The number of nitrogens with zero attached hydrogens (tertiary/aromatic N) is 1. The Morgan fingerprint density at radius 1 is 1.39 bits per heavy atom. The number of rotatable bonds is 4. The molecule has 0 saturated carbocycles. The van der Waals surface area contributed by atoms with Crippen LogP contribution in [0, 0.1) is 0 Å². The second-order valence-corrected chi connectivity index (χ2v) is 6.72. The van der Waals surface area contributed by atoms with Gasteiger partial charge in [-0.2, -0.15) is 0 Å². The van der Waals surface area contributed by atoms with Crippen molar-refractivity contribution in [1.29, 1.82) is 0 Å². The van der Waals surface area contributed by atoms with Gasteiger partial charge < -0.3 is 14.4 Å². The Kier molecular flexibility index (Phi) is 6.01. The first-order valence-corrected chi connectivity index (χ1v) is 8.73. The highest BCUT2D eigenvalue weighted by Gasteiger charge is 2.29. The molecule has 0 unspecified atom stereocenters. The molecule has 0 radical (unpaired) electrons. The molecule has 23 heavy (non-hydrogen) atoms. The number of methoxy groups -OCH3 is 1. The number of hydrogen-bond donors (Lipinski definition) is 1. The van der Waals surface area contributed by atoms with Crippen molar-refractivity contribution < 1.29 is 19.1 Å². The molecule has 6 nitrogen and oxygen atoms in total. The lowest BCUT2D eigenvalue weighted by molar-refractivity contribution is -0.00492. The lowest BCUT2D eigenvalue weighted by Gasteiger charge is -2.26. The number of carbonyl (C=O) groups excluding carboxylic acids is 2. The number of nitrogens with one attached hydrogen (secondary N) is 1. The molecular formula is C16H24N2O4S. The highest BCUT2D eigenvalue weighted by molar-refractivity contribution is 7.14. The van der Waals surface area contributed by atoms with E-state index in [1.54, 1.807) is 30.4 Å². The Labute approximate surface area is 140 Å². The number of urea groups is 1. The van der Waals surface area contributed by atoms with Gasteiger partial charge in [0.25, 0.3) is 0 Å². The van der Waals surface area contributed by atoms with Crippen molar-refractivity contribution in [3.63, 3.8) is 0 Å². The summed E-state index contributed by atoms with van der Waals surface area (Å²) in [4.78, 5) is 26.1. The zero-order chi connectivity index (χ0) is 16.9. The van der Waals surface area contributed by atoms with Gasteiger partial charge in [-0.3, -0.25) is 5.32 Å². The number of carbonyl (C=O) groups is 2. The van der Waals surface area contributed by atoms with E-state index in [1.807, 2.05) is 0 Å². The molecule has 0 aromatic carbocycles. The minimum absolute atomic E-state index is 0.173. The first-order chi connectivity index (χ1) is 11.0. The summed E-state index contributed by atoms with van der Waals surface area (Å²) in [6.45, 7) is 5.46. The Morgan fingerprint density at radius 2 is 2.17 bits per heavy atom. The van der Waals surface area contributed by atoms with Gasteiger partial charge in [-0.05, 0) is 44.6 Å². The Balaban J connectivity index is 2.00. The summed E-state index contributed by atoms with van der Waals surface area (Å²) in [6.07, 6.45) is 2.62. The average Bonchev–Trinajstić information content (AvgIpc) is 2.89. The summed E-state index contributed by atoms with van der Waals surface area (Å²) in [5, 5.41) is 5.14. The number of anilines is 1. The second-order valence-electron chi connectivity index (χ2n) is 5.81. The minimum atomic E-state index is -0.410. The molecule has 0 bridgehead atoms. The zero-order valence-corrected chi connectivity index (χ0v) is 14.7. The van der Waals surface area contributed by atoms with Crippen LogP contribution in [0.1, 0.15) is 43.5 Å². The van der Waals surface area contributed by atoms with Gasteiger partial charge in [0.15, 0.2) is 0 Å². The van der Waals surface area contributed by atoms with Gasteiger partial charge >= 0.3 is 12.0 Å². The monoisotopic (exact) mass is 340 g/mol. The third kappa shape index (κ3) is 4.45. The molecule has 128 valence electrons. The summed E-state index contributed by atoms with van der Waals surface area (Å²) in [7, 11) is 1.72. The van der Waals surface area contributed by atoms with E-state index >= 15 is 0 Å². The van der Waals surface area contributed by atoms with E-state index in [-0.39, 0.29) is 11.6 Å². The quantitative estimate of drug-likeness (QED) is 0.854. The molecule has 1 aliphatic rings. The summed E-state index contributed by atoms with van der Waals surface area (Å²) in [5.74, 6) is -0.410. The number of amides is 2.